The summed E-state index contributed by atoms with van der Waals surface area (Å²) in [6.07, 6.45) is 2.07. The molecule has 1 N–H and O–H groups in total. The summed E-state index contributed by atoms with van der Waals surface area (Å²) in [6, 6.07) is 7.31. The second-order valence-corrected chi connectivity index (χ2v) is 5.68. The molecular formula is C15H19ClN2O2. The Morgan fingerprint density at radius 2 is 1.95 bits per heavy atom. The number of nitrogens with one attached hydrogen (secondary N) is 1. The van der Waals surface area contributed by atoms with Crippen LogP contribution in [0.2, 0.25) is 5.02 Å². The summed E-state index contributed by atoms with van der Waals surface area (Å²) in [5.74, 6) is -0.217. The Morgan fingerprint density at radius 3 is 2.45 bits per heavy atom. The molecule has 1 aromatic rings. The van der Waals surface area contributed by atoms with Gasteiger partial charge in [0.2, 0.25) is 11.8 Å². The molecule has 0 aliphatic heterocycles. The van der Waals surface area contributed by atoms with Crippen LogP contribution in [0.5, 0.6) is 0 Å². The molecule has 1 fully saturated rings. The lowest BCUT2D eigenvalue weighted by atomic mass is 10.2. The van der Waals surface area contributed by atoms with Crippen LogP contribution in [0.25, 0.3) is 0 Å². The van der Waals surface area contributed by atoms with Gasteiger partial charge in [-0.05, 0) is 37.5 Å². The van der Waals surface area contributed by atoms with Crippen LogP contribution in [0.4, 0.5) is 0 Å². The van der Waals surface area contributed by atoms with E-state index in [2.05, 4.69) is 5.32 Å². The number of hydrogen-bond acceptors (Lipinski definition) is 2. The Bertz CT molecular complexity index is 497. The summed E-state index contributed by atoms with van der Waals surface area (Å²) < 4.78 is 0. The van der Waals surface area contributed by atoms with Crippen LogP contribution >= 0.6 is 11.6 Å². The molecule has 1 aliphatic rings. The monoisotopic (exact) mass is 294 g/mol. The first-order valence-corrected chi connectivity index (χ1v) is 7.17. The molecule has 0 spiro atoms. The third-order valence-electron chi connectivity index (χ3n) is 3.33. The lowest BCUT2D eigenvalue weighted by Gasteiger charge is -2.26. The van der Waals surface area contributed by atoms with Crippen molar-refractivity contribution >= 4 is 23.4 Å². The lowest BCUT2D eigenvalue weighted by Crippen LogP contribution is -2.46. The van der Waals surface area contributed by atoms with Gasteiger partial charge in [0.15, 0.2) is 0 Å². The maximum Gasteiger partial charge on any atom is 0.245 e. The zero-order chi connectivity index (χ0) is 14.7. The van der Waals surface area contributed by atoms with Gasteiger partial charge in [-0.3, -0.25) is 9.59 Å². The second kappa shape index (κ2) is 6.27. The third-order valence-corrected chi connectivity index (χ3v) is 3.58. The van der Waals surface area contributed by atoms with Gasteiger partial charge < -0.3 is 10.2 Å². The molecule has 0 radical (unpaired) electrons. The van der Waals surface area contributed by atoms with Crippen molar-refractivity contribution in [1.82, 2.24) is 10.2 Å². The normalized spacial score (nSPS) is 15.6. The van der Waals surface area contributed by atoms with E-state index in [4.69, 9.17) is 11.6 Å². The minimum Gasteiger partial charge on any atom is -0.345 e. The van der Waals surface area contributed by atoms with E-state index in [0.29, 0.717) is 17.6 Å². The van der Waals surface area contributed by atoms with E-state index in [-0.39, 0.29) is 11.8 Å². The minimum atomic E-state index is -0.486. The number of halogens is 1. The van der Waals surface area contributed by atoms with Gasteiger partial charge in [0.05, 0.1) is 0 Å². The van der Waals surface area contributed by atoms with Crippen LogP contribution in [0.3, 0.4) is 0 Å². The topological polar surface area (TPSA) is 49.4 Å². The quantitative estimate of drug-likeness (QED) is 0.906. The first-order valence-electron chi connectivity index (χ1n) is 6.79. The summed E-state index contributed by atoms with van der Waals surface area (Å²) in [7, 11) is 0. The number of nitrogens with zero attached hydrogens (tertiary/aromatic N) is 1. The number of carbonyl (C=O) groups excluding carboxylic acids is 2. The van der Waals surface area contributed by atoms with Gasteiger partial charge in [-0.2, -0.15) is 0 Å². The molecule has 20 heavy (non-hydrogen) atoms. The van der Waals surface area contributed by atoms with E-state index in [0.717, 1.165) is 18.4 Å². The molecule has 1 atom stereocenters. The Kier molecular flexibility index (Phi) is 4.65. The SMILES string of the molecule is CC(=O)NC(C)C(=O)N(Cc1ccc(Cl)cc1)C1CC1. The first kappa shape index (κ1) is 14.9. The van der Waals surface area contributed by atoms with Crippen molar-refractivity contribution in [2.75, 3.05) is 0 Å². The summed E-state index contributed by atoms with van der Waals surface area (Å²) in [6.45, 7) is 3.70. The van der Waals surface area contributed by atoms with Crippen molar-refractivity contribution in [3.05, 3.63) is 34.9 Å². The molecule has 0 heterocycles. The van der Waals surface area contributed by atoms with E-state index >= 15 is 0 Å². The highest BCUT2D eigenvalue weighted by atomic mass is 35.5. The molecule has 1 saturated carbocycles. The van der Waals surface area contributed by atoms with Gasteiger partial charge in [-0.1, -0.05) is 23.7 Å². The van der Waals surface area contributed by atoms with Crippen LogP contribution in [0.15, 0.2) is 24.3 Å². The molecule has 4 nitrogen and oxygen atoms in total. The predicted octanol–water partition coefficient (Wildman–Crippen LogP) is 2.36. The van der Waals surface area contributed by atoms with Crippen molar-refractivity contribution in [2.45, 2.75) is 45.3 Å². The molecule has 5 heteroatoms. The van der Waals surface area contributed by atoms with Gasteiger partial charge in [0, 0.05) is 24.5 Å². The Balaban J connectivity index is 2.05. The van der Waals surface area contributed by atoms with Gasteiger partial charge in [-0.15, -0.1) is 0 Å². The highest BCUT2D eigenvalue weighted by molar-refractivity contribution is 6.30. The van der Waals surface area contributed by atoms with Crippen LogP contribution in [-0.2, 0) is 16.1 Å². The van der Waals surface area contributed by atoms with Crippen molar-refractivity contribution in [2.24, 2.45) is 0 Å². The standard InChI is InChI=1S/C15H19ClN2O2/c1-10(17-11(2)19)15(20)18(14-7-8-14)9-12-3-5-13(16)6-4-12/h3-6,10,14H,7-9H2,1-2H3,(H,17,19). The summed E-state index contributed by atoms with van der Waals surface area (Å²) >= 11 is 5.87. The fourth-order valence-electron chi connectivity index (χ4n) is 2.18. The zero-order valence-corrected chi connectivity index (χ0v) is 12.5. The Hall–Kier alpha value is -1.55. The van der Waals surface area contributed by atoms with Crippen molar-refractivity contribution in [3.63, 3.8) is 0 Å². The summed E-state index contributed by atoms with van der Waals surface area (Å²) in [5.41, 5.74) is 1.05. The van der Waals surface area contributed by atoms with Crippen molar-refractivity contribution in [3.8, 4) is 0 Å². The summed E-state index contributed by atoms with van der Waals surface area (Å²) in [5, 5.41) is 3.33. The molecule has 0 aromatic heterocycles. The van der Waals surface area contributed by atoms with E-state index < -0.39 is 6.04 Å². The average molecular weight is 295 g/mol. The molecular weight excluding hydrogens is 276 g/mol. The molecule has 1 aromatic carbocycles. The van der Waals surface area contributed by atoms with E-state index in [1.165, 1.54) is 6.92 Å². The van der Waals surface area contributed by atoms with E-state index in [9.17, 15) is 9.59 Å². The molecule has 2 rings (SSSR count). The number of amides is 2. The molecule has 2 amide bonds. The number of benzene rings is 1. The van der Waals surface area contributed by atoms with E-state index in [1.807, 2.05) is 29.2 Å². The van der Waals surface area contributed by atoms with Gasteiger partial charge in [0.1, 0.15) is 6.04 Å². The first-order chi connectivity index (χ1) is 9.47. The lowest BCUT2D eigenvalue weighted by molar-refractivity contribution is -0.136. The molecule has 0 bridgehead atoms. The Morgan fingerprint density at radius 1 is 1.35 bits per heavy atom. The maximum absolute atomic E-state index is 12.4. The van der Waals surface area contributed by atoms with Crippen LogP contribution in [-0.4, -0.2) is 28.8 Å². The van der Waals surface area contributed by atoms with Crippen molar-refractivity contribution in [1.29, 1.82) is 0 Å². The Labute approximate surface area is 124 Å². The van der Waals surface area contributed by atoms with Crippen LogP contribution < -0.4 is 5.32 Å². The fourth-order valence-corrected chi connectivity index (χ4v) is 2.30. The molecule has 0 saturated heterocycles. The fraction of sp³-hybridized carbons (Fsp3) is 0.467. The second-order valence-electron chi connectivity index (χ2n) is 5.25. The van der Waals surface area contributed by atoms with Gasteiger partial charge >= 0.3 is 0 Å². The smallest absolute Gasteiger partial charge is 0.245 e. The molecule has 1 unspecified atom stereocenters. The van der Waals surface area contributed by atoms with E-state index in [1.54, 1.807) is 6.92 Å². The minimum absolute atomic E-state index is 0.0300. The van der Waals surface area contributed by atoms with Crippen molar-refractivity contribution < 1.29 is 9.59 Å². The number of carbonyl (C=O) groups is 2. The average Bonchev–Trinajstić information content (AvgIpc) is 3.21. The molecule has 108 valence electrons. The van der Waals surface area contributed by atoms with Gasteiger partial charge in [-0.25, -0.2) is 0 Å². The highest BCUT2D eigenvalue weighted by Gasteiger charge is 2.34. The van der Waals surface area contributed by atoms with Crippen LogP contribution in [0.1, 0.15) is 32.3 Å². The summed E-state index contributed by atoms with van der Waals surface area (Å²) in [4.78, 5) is 25.3. The predicted molar refractivity (Wildman–Crippen MR) is 78.3 cm³/mol. The highest BCUT2D eigenvalue weighted by Crippen LogP contribution is 2.29. The van der Waals surface area contributed by atoms with Crippen LogP contribution in [0, 0.1) is 0 Å². The number of rotatable bonds is 5. The largest absolute Gasteiger partial charge is 0.345 e. The zero-order valence-electron chi connectivity index (χ0n) is 11.7. The van der Waals surface area contributed by atoms with Gasteiger partial charge in [0.25, 0.3) is 0 Å². The molecule has 1 aliphatic carbocycles. The number of hydrogen-bond donors (Lipinski definition) is 1. The maximum atomic E-state index is 12.4. The third kappa shape index (κ3) is 3.97.